The molecule has 7 heteroatoms. The summed E-state index contributed by atoms with van der Waals surface area (Å²) in [5, 5.41) is 13.5. The molecule has 1 fully saturated rings. The van der Waals surface area contributed by atoms with Crippen LogP contribution in [0.3, 0.4) is 0 Å². The van der Waals surface area contributed by atoms with Crippen molar-refractivity contribution in [3.63, 3.8) is 0 Å². The summed E-state index contributed by atoms with van der Waals surface area (Å²) in [6.45, 7) is 3.63. The molecule has 24 heavy (non-hydrogen) atoms. The van der Waals surface area contributed by atoms with Crippen LogP contribution in [0.15, 0.2) is 22.7 Å². The summed E-state index contributed by atoms with van der Waals surface area (Å²) < 4.78 is 10.8. The number of benzene rings is 1. The van der Waals surface area contributed by atoms with Crippen molar-refractivity contribution in [1.29, 1.82) is 5.26 Å². The molecule has 2 aromatic rings. The Morgan fingerprint density at radius 2 is 2.38 bits per heavy atom. The lowest BCUT2D eigenvalue weighted by atomic mass is 10.1. The monoisotopic (exact) mass is 346 g/mol. The Kier molecular flexibility index (Phi) is 5.34. The zero-order valence-corrected chi connectivity index (χ0v) is 14.3. The number of hydrogen-bond donors (Lipinski definition) is 0. The minimum atomic E-state index is 0.0166. The van der Waals surface area contributed by atoms with Crippen LogP contribution in [-0.2, 0) is 13.0 Å². The summed E-state index contributed by atoms with van der Waals surface area (Å²) >= 11 is 6.13. The molecule has 0 N–H and O–H groups in total. The Hall–Kier alpha value is -2.10. The number of halogens is 1. The van der Waals surface area contributed by atoms with Gasteiger partial charge in [-0.15, -0.1) is 0 Å². The second-order valence-corrected chi connectivity index (χ2v) is 6.16. The Bertz CT molecular complexity index is 740. The molecule has 1 aliphatic rings. The summed E-state index contributed by atoms with van der Waals surface area (Å²) in [6, 6.07) is 7.60. The molecule has 0 spiro atoms. The summed E-state index contributed by atoms with van der Waals surface area (Å²) in [6.07, 6.45) is 2.81. The summed E-state index contributed by atoms with van der Waals surface area (Å²) in [7, 11) is 0. The van der Waals surface area contributed by atoms with Crippen molar-refractivity contribution in [3.8, 4) is 11.8 Å². The minimum absolute atomic E-state index is 0.0166. The lowest BCUT2D eigenvalue weighted by Crippen LogP contribution is -2.24. The molecule has 0 radical (unpaired) electrons. The van der Waals surface area contributed by atoms with Crippen LogP contribution < -0.4 is 4.74 Å². The van der Waals surface area contributed by atoms with Crippen molar-refractivity contribution >= 4 is 11.6 Å². The lowest BCUT2D eigenvalue weighted by Gasteiger charge is -2.23. The van der Waals surface area contributed by atoms with Crippen molar-refractivity contribution < 1.29 is 9.26 Å². The average Bonchev–Trinajstić information content (AvgIpc) is 3.22. The number of hydrogen-bond acceptors (Lipinski definition) is 6. The molecule has 1 saturated heterocycles. The highest BCUT2D eigenvalue weighted by Crippen LogP contribution is 2.34. The molecule has 1 aromatic heterocycles. The van der Waals surface area contributed by atoms with Gasteiger partial charge in [-0.05, 0) is 37.6 Å². The molecule has 126 valence electrons. The van der Waals surface area contributed by atoms with Crippen LogP contribution in [0.4, 0.5) is 0 Å². The molecule has 0 aliphatic carbocycles. The van der Waals surface area contributed by atoms with Crippen molar-refractivity contribution in [3.05, 3.63) is 40.5 Å². The largest absolute Gasteiger partial charge is 0.478 e. The third-order valence-electron chi connectivity index (χ3n) is 4.14. The van der Waals surface area contributed by atoms with Gasteiger partial charge >= 0.3 is 0 Å². The van der Waals surface area contributed by atoms with E-state index in [4.69, 9.17) is 26.1 Å². The van der Waals surface area contributed by atoms with Gasteiger partial charge in [0.1, 0.15) is 11.8 Å². The number of rotatable bonds is 6. The van der Waals surface area contributed by atoms with Gasteiger partial charge in [0.25, 0.3) is 0 Å². The molecule has 3 rings (SSSR count). The van der Waals surface area contributed by atoms with E-state index in [0.29, 0.717) is 23.2 Å². The number of aromatic nitrogens is 2. The highest BCUT2D eigenvalue weighted by atomic mass is 35.5. The van der Waals surface area contributed by atoms with E-state index in [2.05, 4.69) is 15.0 Å². The summed E-state index contributed by atoms with van der Waals surface area (Å²) in [5.74, 6) is 2.09. The molecule has 2 heterocycles. The second-order valence-electron chi connectivity index (χ2n) is 5.73. The topological polar surface area (TPSA) is 75.2 Å². The first kappa shape index (κ1) is 16.7. The summed E-state index contributed by atoms with van der Waals surface area (Å²) in [5.41, 5.74) is 0.962. The molecule has 1 atom stereocenters. The van der Waals surface area contributed by atoms with E-state index in [0.717, 1.165) is 37.2 Å². The molecular weight excluding hydrogens is 328 g/mol. The minimum Gasteiger partial charge on any atom is -0.478 e. The maximum atomic E-state index is 8.74. The van der Waals surface area contributed by atoms with Crippen LogP contribution in [-0.4, -0.2) is 28.2 Å². The van der Waals surface area contributed by atoms with Gasteiger partial charge in [-0.2, -0.15) is 10.2 Å². The zero-order valence-electron chi connectivity index (χ0n) is 13.5. The van der Waals surface area contributed by atoms with Crippen LogP contribution in [0.2, 0.25) is 5.02 Å². The van der Waals surface area contributed by atoms with Crippen molar-refractivity contribution in [2.75, 3.05) is 13.2 Å². The maximum absolute atomic E-state index is 8.74. The first-order valence-electron chi connectivity index (χ1n) is 8.06. The number of likely N-dealkylation sites (tertiary alicyclic amines) is 1. The van der Waals surface area contributed by atoms with Crippen LogP contribution in [0, 0.1) is 11.3 Å². The molecule has 1 aliphatic heterocycles. The van der Waals surface area contributed by atoms with Crippen LogP contribution in [0.1, 0.15) is 43.1 Å². The highest BCUT2D eigenvalue weighted by Gasteiger charge is 2.30. The number of nitrogens with zero attached hydrogens (tertiary/aromatic N) is 4. The first-order chi connectivity index (χ1) is 11.7. The average molecular weight is 347 g/mol. The van der Waals surface area contributed by atoms with E-state index in [-0.39, 0.29) is 12.6 Å². The smallest absolute Gasteiger partial charge is 0.226 e. The normalized spacial score (nSPS) is 17.8. The van der Waals surface area contributed by atoms with Gasteiger partial charge in [-0.3, -0.25) is 4.90 Å². The van der Waals surface area contributed by atoms with Gasteiger partial charge in [0, 0.05) is 23.6 Å². The van der Waals surface area contributed by atoms with E-state index in [1.165, 1.54) is 0 Å². The standard InChI is InChI=1S/C17H19ClN4O2/c1-2-16-20-17(21-24-16)14-4-3-8-22(14)11-12-10-13(18)5-6-15(12)23-9-7-19/h5-6,10,14H,2-4,8-9,11H2,1H3/t14-/m1/s1. The molecule has 1 aromatic carbocycles. The molecule has 0 unspecified atom stereocenters. The summed E-state index contributed by atoms with van der Waals surface area (Å²) in [4.78, 5) is 6.77. The quantitative estimate of drug-likeness (QED) is 0.796. The molecular formula is C17H19ClN4O2. The third kappa shape index (κ3) is 3.69. The Labute approximate surface area is 146 Å². The number of aryl methyl sites for hydroxylation is 1. The third-order valence-corrected chi connectivity index (χ3v) is 4.37. The predicted molar refractivity (Wildman–Crippen MR) is 88.6 cm³/mol. The van der Waals surface area contributed by atoms with Crippen molar-refractivity contribution in [2.24, 2.45) is 0 Å². The lowest BCUT2D eigenvalue weighted by molar-refractivity contribution is 0.230. The van der Waals surface area contributed by atoms with E-state index in [9.17, 15) is 0 Å². The van der Waals surface area contributed by atoms with Crippen molar-refractivity contribution in [1.82, 2.24) is 15.0 Å². The fourth-order valence-corrected chi connectivity index (χ4v) is 3.19. The fraction of sp³-hybridized carbons (Fsp3) is 0.471. The van der Waals surface area contributed by atoms with Gasteiger partial charge in [0.15, 0.2) is 12.4 Å². The van der Waals surface area contributed by atoms with Gasteiger partial charge < -0.3 is 9.26 Å². The Morgan fingerprint density at radius 3 is 3.12 bits per heavy atom. The van der Waals surface area contributed by atoms with Crippen molar-refractivity contribution in [2.45, 2.75) is 38.8 Å². The number of nitriles is 1. The predicted octanol–water partition coefficient (Wildman–Crippen LogP) is 3.52. The molecule has 0 amide bonds. The second kappa shape index (κ2) is 7.65. The fourth-order valence-electron chi connectivity index (χ4n) is 3.00. The van der Waals surface area contributed by atoms with E-state index in [1.54, 1.807) is 6.07 Å². The SMILES string of the molecule is CCc1nc([C@H]2CCCN2Cc2cc(Cl)ccc2OCC#N)no1. The highest BCUT2D eigenvalue weighted by molar-refractivity contribution is 6.30. The zero-order chi connectivity index (χ0) is 16.9. The first-order valence-corrected chi connectivity index (χ1v) is 8.43. The van der Waals surface area contributed by atoms with Gasteiger partial charge in [-0.25, -0.2) is 0 Å². The van der Waals surface area contributed by atoms with E-state index >= 15 is 0 Å². The van der Waals surface area contributed by atoms with Gasteiger partial charge in [0.05, 0.1) is 6.04 Å². The molecule has 0 bridgehead atoms. The Balaban J connectivity index is 1.79. The molecule has 6 nitrogen and oxygen atoms in total. The van der Waals surface area contributed by atoms with Crippen LogP contribution in [0.5, 0.6) is 5.75 Å². The maximum Gasteiger partial charge on any atom is 0.226 e. The van der Waals surface area contributed by atoms with Gasteiger partial charge in [0.2, 0.25) is 5.89 Å². The van der Waals surface area contributed by atoms with E-state index < -0.39 is 0 Å². The molecule has 0 saturated carbocycles. The number of ether oxygens (including phenoxy) is 1. The van der Waals surface area contributed by atoms with Crippen LogP contribution >= 0.6 is 11.6 Å². The van der Waals surface area contributed by atoms with E-state index in [1.807, 2.05) is 25.1 Å². The Morgan fingerprint density at radius 1 is 1.50 bits per heavy atom. The van der Waals surface area contributed by atoms with Crippen LogP contribution in [0.25, 0.3) is 0 Å². The van der Waals surface area contributed by atoms with Gasteiger partial charge in [-0.1, -0.05) is 23.7 Å².